The fourth-order valence-electron chi connectivity index (χ4n) is 4.87. The van der Waals surface area contributed by atoms with E-state index in [0.29, 0.717) is 6.04 Å². The van der Waals surface area contributed by atoms with Crippen molar-refractivity contribution in [1.29, 1.82) is 0 Å². The molecule has 2 fully saturated rings. The molecule has 0 amide bonds. The number of nitrogens with zero attached hydrogens (tertiary/aromatic N) is 3. The Bertz CT molecular complexity index is 897. The highest BCUT2D eigenvalue weighted by atomic mass is 16.7. The van der Waals surface area contributed by atoms with Crippen LogP contribution in [0.5, 0.6) is 0 Å². The van der Waals surface area contributed by atoms with Crippen molar-refractivity contribution in [3.63, 3.8) is 0 Å². The number of aromatic nitrogens is 2. The first-order valence-corrected chi connectivity index (χ1v) is 10.8. The first-order valence-electron chi connectivity index (χ1n) is 10.8. The molecule has 0 bridgehead atoms. The molecule has 5 nitrogen and oxygen atoms in total. The van der Waals surface area contributed by atoms with E-state index < -0.39 is 0 Å². The quantitative estimate of drug-likeness (QED) is 0.714. The average molecular weight is 397 g/mol. The van der Waals surface area contributed by atoms with Crippen LogP contribution in [0, 0.1) is 0 Å². The molecule has 0 radical (unpaired) electrons. The molecule has 2 aromatic rings. The minimum absolute atomic E-state index is 0.137. The molecule has 1 aromatic carbocycles. The third kappa shape index (κ3) is 3.43. The smallest absolute Gasteiger partial charge is 0.399 e. The number of benzene rings is 1. The first kappa shape index (κ1) is 20.9. The Morgan fingerprint density at radius 3 is 2.03 bits per heavy atom. The lowest BCUT2D eigenvalue weighted by molar-refractivity contribution is -0.0284. The lowest BCUT2D eigenvalue weighted by Gasteiger charge is -2.53. The Morgan fingerprint density at radius 2 is 1.48 bits per heavy atom. The van der Waals surface area contributed by atoms with Gasteiger partial charge in [0.05, 0.1) is 22.8 Å². The Kier molecular flexibility index (Phi) is 4.55. The van der Waals surface area contributed by atoms with Crippen molar-refractivity contribution >= 4 is 23.5 Å². The Hall–Kier alpha value is -1.37. The van der Waals surface area contributed by atoms with Crippen molar-refractivity contribution in [3.05, 3.63) is 24.4 Å². The molecule has 2 aliphatic rings. The van der Waals surface area contributed by atoms with Crippen LogP contribution in [0.15, 0.2) is 24.4 Å². The lowest BCUT2D eigenvalue weighted by Crippen LogP contribution is -2.58. The molecule has 0 saturated carbocycles. The van der Waals surface area contributed by atoms with Gasteiger partial charge in [0.15, 0.2) is 0 Å². The van der Waals surface area contributed by atoms with Crippen LogP contribution < -0.4 is 5.46 Å². The van der Waals surface area contributed by atoms with Gasteiger partial charge in [0.2, 0.25) is 0 Å². The van der Waals surface area contributed by atoms with E-state index in [1.165, 1.54) is 5.39 Å². The van der Waals surface area contributed by atoms with Gasteiger partial charge in [-0.25, -0.2) is 0 Å². The second-order valence-corrected chi connectivity index (χ2v) is 11.3. The molecule has 2 aliphatic heterocycles. The number of hydrogen-bond acceptors (Lipinski definition) is 4. The molecule has 1 aromatic heterocycles. The monoisotopic (exact) mass is 397 g/mol. The summed E-state index contributed by atoms with van der Waals surface area (Å²) in [5.41, 5.74) is 1.64. The summed E-state index contributed by atoms with van der Waals surface area (Å²) in [6.45, 7) is 17.7. The number of piperidine rings is 1. The summed E-state index contributed by atoms with van der Waals surface area (Å²) in [6, 6.07) is 6.77. The number of fused-ring (bicyclic) bond motifs is 1. The number of hydrogen-bond donors (Lipinski definition) is 0. The minimum Gasteiger partial charge on any atom is -0.399 e. The standard InChI is InChI=1S/C23H36BN3O2/c1-20(2)13-18(14-21(3,4)26(20)9)27-15-16-10-11-17(12-19(16)25-27)24-28-22(5,6)23(7,8)29-24/h10-12,15,18H,13-14H2,1-9H3. The van der Waals surface area contributed by atoms with Gasteiger partial charge in [0, 0.05) is 22.7 Å². The molecular formula is C23H36BN3O2. The highest BCUT2D eigenvalue weighted by molar-refractivity contribution is 6.62. The summed E-state index contributed by atoms with van der Waals surface area (Å²) in [5.74, 6) is 0. The molecule has 0 spiro atoms. The van der Waals surface area contributed by atoms with Gasteiger partial charge in [-0.3, -0.25) is 9.58 Å². The van der Waals surface area contributed by atoms with Gasteiger partial charge in [0.25, 0.3) is 0 Å². The first-order chi connectivity index (χ1) is 13.2. The van der Waals surface area contributed by atoms with Gasteiger partial charge in [-0.2, -0.15) is 5.10 Å². The summed E-state index contributed by atoms with van der Waals surface area (Å²) in [4.78, 5) is 2.51. The van der Waals surface area contributed by atoms with Crippen LogP contribution in [-0.2, 0) is 9.31 Å². The van der Waals surface area contributed by atoms with Crippen molar-refractivity contribution < 1.29 is 9.31 Å². The van der Waals surface area contributed by atoms with Gasteiger partial charge >= 0.3 is 7.12 Å². The van der Waals surface area contributed by atoms with Crippen LogP contribution in [0.3, 0.4) is 0 Å². The van der Waals surface area contributed by atoms with Gasteiger partial charge in [-0.1, -0.05) is 12.1 Å². The van der Waals surface area contributed by atoms with Crippen molar-refractivity contribution in [1.82, 2.24) is 14.7 Å². The summed E-state index contributed by atoms with van der Waals surface area (Å²) < 4.78 is 14.6. The van der Waals surface area contributed by atoms with Gasteiger partial charge in [-0.05, 0) is 86.8 Å². The SMILES string of the molecule is CN1C(C)(C)CC(n2cc3ccc(B4OC(C)(C)C(C)(C)O4)cc3n2)CC1(C)C. The van der Waals surface area contributed by atoms with Crippen molar-refractivity contribution in [2.45, 2.75) is 96.6 Å². The van der Waals surface area contributed by atoms with E-state index in [1.807, 2.05) is 0 Å². The van der Waals surface area contributed by atoms with Crippen molar-refractivity contribution in [3.8, 4) is 0 Å². The zero-order valence-electron chi connectivity index (χ0n) is 19.5. The molecule has 2 saturated heterocycles. The van der Waals surface area contributed by atoms with E-state index in [9.17, 15) is 0 Å². The predicted octanol–water partition coefficient (Wildman–Crippen LogP) is 4.16. The molecule has 0 atom stereocenters. The van der Waals surface area contributed by atoms with E-state index in [0.717, 1.165) is 23.8 Å². The lowest BCUT2D eigenvalue weighted by atomic mass is 9.77. The highest BCUT2D eigenvalue weighted by Gasteiger charge is 2.51. The molecule has 4 rings (SSSR count). The molecule has 158 valence electrons. The van der Waals surface area contributed by atoms with Crippen LogP contribution >= 0.6 is 0 Å². The van der Waals surface area contributed by atoms with E-state index >= 15 is 0 Å². The largest absolute Gasteiger partial charge is 0.494 e. The number of likely N-dealkylation sites (tertiary alicyclic amines) is 1. The van der Waals surface area contributed by atoms with E-state index in [4.69, 9.17) is 14.4 Å². The third-order valence-electron chi connectivity index (χ3n) is 7.73. The number of rotatable bonds is 2. The van der Waals surface area contributed by atoms with Crippen LogP contribution in [0.25, 0.3) is 10.9 Å². The van der Waals surface area contributed by atoms with Gasteiger partial charge < -0.3 is 9.31 Å². The maximum atomic E-state index is 6.23. The van der Waals surface area contributed by atoms with E-state index in [2.05, 4.69) is 96.4 Å². The molecule has 3 heterocycles. The maximum absolute atomic E-state index is 6.23. The van der Waals surface area contributed by atoms with Crippen LogP contribution in [0.4, 0.5) is 0 Å². The van der Waals surface area contributed by atoms with Crippen LogP contribution in [0.2, 0.25) is 0 Å². The summed E-state index contributed by atoms with van der Waals surface area (Å²) >= 11 is 0. The fourth-order valence-corrected chi connectivity index (χ4v) is 4.87. The normalized spacial score (nSPS) is 26.3. The second-order valence-electron chi connectivity index (χ2n) is 11.3. The topological polar surface area (TPSA) is 39.5 Å². The summed E-state index contributed by atoms with van der Waals surface area (Å²) in [6.07, 6.45) is 4.38. The highest BCUT2D eigenvalue weighted by Crippen LogP contribution is 2.42. The van der Waals surface area contributed by atoms with E-state index in [-0.39, 0.29) is 29.4 Å². The van der Waals surface area contributed by atoms with Crippen molar-refractivity contribution in [2.24, 2.45) is 0 Å². The third-order valence-corrected chi connectivity index (χ3v) is 7.73. The zero-order chi connectivity index (χ0) is 21.4. The van der Waals surface area contributed by atoms with Gasteiger partial charge in [0.1, 0.15) is 0 Å². The fraction of sp³-hybridized carbons (Fsp3) is 0.696. The molecule has 0 unspecified atom stereocenters. The van der Waals surface area contributed by atoms with E-state index in [1.54, 1.807) is 0 Å². The Balaban J connectivity index is 1.63. The summed E-state index contributed by atoms with van der Waals surface area (Å²) in [7, 11) is 1.89. The van der Waals surface area contributed by atoms with Gasteiger partial charge in [-0.15, -0.1) is 0 Å². The van der Waals surface area contributed by atoms with Crippen molar-refractivity contribution in [2.75, 3.05) is 7.05 Å². The van der Waals surface area contributed by atoms with Crippen LogP contribution in [0.1, 0.15) is 74.3 Å². The maximum Gasteiger partial charge on any atom is 0.494 e. The predicted molar refractivity (Wildman–Crippen MR) is 120 cm³/mol. The Morgan fingerprint density at radius 1 is 0.931 bits per heavy atom. The van der Waals surface area contributed by atoms with Crippen LogP contribution in [-0.4, -0.2) is 51.1 Å². The molecule has 6 heteroatoms. The zero-order valence-corrected chi connectivity index (χ0v) is 19.5. The molecule has 0 aliphatic carbocycles. The minimum atomic E-state index is -0.351. The molecule has 29 heavy (non-hydrogen) atoms. The average Bonchev–Trinajstić information content (AvgIpc) is 3.09. The summed E-state index contributed by atoms with van der Waals surface area (Å²) in [5, 5.41) is 6.15. The second kappa shape index (κ2) is 6.32. The molecular weight excluding hydrogens is 361 g/mol. The molecule has 0 N–H and O–H groups in total. The Labute approximate surface area is 175 Å².